The van der Waals surface area contributed by atoms with Gasteiger partial charge in [-0.1, -0.05) is 26.7 Å². The van der Waals surface area contributed by atoms with Crippen LogP contribution in [-0.4, -0.2) is 37.0 Å². The molecule has 0 unspecified atom stereocenters. The molecular formula is C14H26N2O. The van der Waals surface area contributed by atoms with Crippen LogP contribution in [0.4, 0.5) is 0 Å². The number of hydrogen-bond donors (Lipinski definition) is 1. The van der Waals surface area contributed by atoms with Crippen LogP contribution in [0.15, 0.2) is 0 Å². The molecule has 0 spiro atoms. The number of hydrogen-bond acceptors (Lipinski definition) is 2. The Hall–Kier alpha value is -0.570. The minimum absolute atomic E-state index is 0.280. The monoisotopic (exact) mass is 238 g/mol. The van der Waals surface area contributed by atoms with Crippen molar-refractivity contribution in [1.29, 1.82) is 0 Å². The van der Waals surface area contributed by atoms with Gasteiger partial charge in [0.05, 0.1) is 5.92 Å². The van der Waals surface area contributed by atoms with E-state index in [4.69, 9.17) is 0 Å². The molecule has 1 N–H and O–H groups in total. The maximum atomic E-state index is 12.0. The molecule has 0 bridgehead atoms. The SMILES string of the molecule is CC(C)CCC1CCN(C(=O)C2CNC2)CC1. The fourth-order valence-corrected chi connectivity index (χ4v) is 2.73. The number of piperidine rings is 1. The molecule has 2 aliphatic rings. The van der Waals surface area contributed by atoms with Gasteiger partial charge in [0.15, 0.2) is 0 Å². The third kappa shape index (κ3) is 3.44. The summed E-state index contributed by atoms with van der Waals surface area (Å²) in [4.78, 5) is 14.1. The summed E-state index contributed by atoms with van der Waals surface area (Å²) in [5, 5.41) is 3.18. The zero-order valence-corrected chi connectivity index (χ0v) is 11.2. The first kappa shape index (κ1) is 12.9. The van der Waals surface area contributed by atoms with Crippen LogP contribution in [0.5, 0.6) is 0 Å². The Morgan fingerprint density at radius 3 is 2.41 bits per heavy atom. The lowest BCUT2D eigenvalue weighted by atomic mass is 9.89. The Labute approximate surface area is 105 Å². The van der Waals surface area contributed by atoms with Gasteiger partial charge >= 0.3 is 0 Å². The summed E-state index contributed by atoms with van der Waals surface area (Å²) in [5.41, 5.74) is 0. The summed E-state index contributed by atoms with van der Waals surface area (Å²) in [6, 6.07) is 0. The van der Waals surface area contributed by atoms with Crippen LogP contribution in [0.1, 0.15) is 39.5 Å². The first-order valence-corrected chi connectivity index (χ1v) is 7.16. The predicted molar refractivity (Wildman–Crippen MR) is 69.7 cm³/mol. The summed E-state index contributed by atoms with van der Waals surface area (Å²) in [6.07, 6.45) is 5.13. The fourth-order valence-electron chi connectivity index (χ4n) is 2.73. The van der Waals surface area contributed by atoms with Crippen LogP contribution in [0.25, 0.3) is 0 Å². The topological polar surface area (TPSA) is 32.3 Å². The van der Waals surface area contributed by atoms with Gasteiger partial charge in [-0.25, -0.2) is 0 Å². The van der Waals surface area contributed by atoms with E-state index >= 15 is 0 Å². The second kappa shape index (κ2) is 5.85. The van der Waals surface area contributed by atoms with Crippen molar-refractivity contribution in [3.8, 4) is 0 Å². The van der Waals surface area contributed by atoms with Crippen molar-refractivity contribution < 1.29 is 4.79 Å². The van der Waals surface area contributed by atoms with Crippen LogP contribution >= 0.6 is 0 Å². The van der Waals surface area contributed by atoms with Crippen molar-refractivity contribution in [2.75, 3.05) is 26.2 Å². The van der Waals surface area contributed by atoms with Gasteiger partial charge < -0.3 is 10.2 Å². The van der Waals surface area contributed by atoms with Crippen LogP contribution in [-0.2, 0) is 4.79 Å². The van der Waals surface area contributed by atoms with E-state index in [1.165, 1.54) is 25.7 Å². The highest BCUT2D eigenvalue weighted by Gasteiger charge is 2.31. The maximum Gasteiger partial charge on any atom is 0.228 e. The predicted octanol–water partition coefficient (Wildman–Crippen LogP) is 1.88. The van der Waals surface area contributed by atoms with Gasteiger partial charge in [0.2, 0.25) is 5.91 Å². The van der Waals surface area contributed by atoms with Crippen molar-refractivity contribution in [2.45, 2.75) is 39.5 Å². The van der Waals surface area contributed by atoms with E-state index in [0.29, 0.717) is 5.91 Å². The van der Waals surface area contributed by atoms with Crippen LogP contribution in [0, 0.1) is 17.8 Å². The highest BCUT2D eigenvalue weighted by atomic mass is 16.2. The second-order valence-corrected chi connectivity index (χ2v) is 6.10. The average Bonchev–Trinajstić information content (AvgIpc) is 2.24. The van der Waals surface area contributed by atoms with Gasteiger partial charge in [-0.2, -0.15) is 0 Å². The molecule has 17 heavy (non-hydrogen) atoms. The number of likely N-dealkylation sites (tertiary alicyclic amines) is 1. The van der Waals surface area contributed by atoms with Crippen LogP contribution in [0.2, 0.25) is 0 Å². The molecule has 2 fully saturated rings. The largest absolute Gasteiger partial charge is 0.342 e. The molecule has 2 saturated heterocycles. The minimum Gasteiger partial charge on any atom is -0.342 e. The first-order valence-electron chi connectivity index (χ1n) is 7.16. The van der Waals surface area contributed by atoms with E-state index in [2.05, 4.69) is 24.1 Å². The van der Waals surface area contributed by atoms with Gasteiger partial charge in [0.1, 0.15) is 0 Å². The first-order chi connectivity index (χ1) is 8.16. The van der Waals surface area contributed by atoms with Crippen molar-refractivity contribution in [1.82, 2.24) is 10.2 Å². The zero-order chi connectivity index (χ0) is 12.3. The quantitative estimate of drug-likeness (QED) is 0.811. The normalized spacial score (nSPS) is 22.9. The summed E-state index contributed by atoms with van der Waals surface area (Å²) in [6.45, 7) is 8.37. The van der Waals surface area contributed by atoms with Gasteiger partial charge in [-0.3, -0.25) is 4.79 Å². The Kier molecular flexibility index (Phi) is 4.43. The Morgan fingerprint density at radius 1 is 1.29 bits per heavy atom. The zero-order valence-electron chi connectivity index (χ0n) is 11.2. The number of amides is 1. The molecular weight excluding hydrogens is 212 g/mol. The third-order valence-electron chi connectivity index (χ3n) is 4.21. The number of nitrogens with one attached hydrogen (secondary N) is 1. The molecule has 3 heteroatoms. The third-order valence-corrected chi connectivity index (χ3v) is 4.21. The van der Waals surface area contributed by atoms with Gasteiger partial charge in [-0.15, -0.1) is 0 Å². The molecule has 98 valence electrons. The molecule has 0 aromatic heterocycles. The van der Waals surface area contributed by atoms with Crippen molar-refractivity contribution in [3.63, 3.8) is 0 Å². The lowest BCUT2D eigenvalue weighted by Gasteiger charge is -2.37. The van der Waals surface area contributed by atoms with E-state index in [0.717, 1.165) is 38.0 Å². The molecule has 2 aliphatic heterocycles. The minimum atomic E-state index is 0.280. The number of rotatable bonds is 4. The molecule has 3 nitrogen and oxygen atoms in total. The van der Waals surface area contributed by atoms with E-state index in [1.54, 1.807) is 0 Å². The highest BCUT2D eigenvalue weighted by Crippen LogP contribution is 2.25. The summed E-state index contributed by atoms with van der Waals surface area (Å²) < 4.78 is 0. The summed E-state index contributed by atoms with van der Waals surface area (Å²) >= 11 is 0. The number of carbonyl (C=O) groups is 1. The molecule has 2 heterocycles. The van der Waals surface area contributed by atoms with Crippen LogP contribution < -0.4 is 5.32 Å². The molecule has 1 amide bonds. The molecule has 0 radical (unpaired) electrons. The van der Waals surface area contributed by atoms with E-state index in [9.17, 15) is 4.79 Å². The van der Waals surface area contributed by atoms with Crippen molar-refractivity contribution in [2.24, 2.45) is 17.8 Å². The lowest BCUT2D eigenvalue weighted by Crippen LogP contribution is -2.53. The summed E-state index contributed by atoms with van der Waals surface area (Å²) in [5.74, 6) is 2.35. The molecule has 0 aromatic rings. The van der Waals surface area contributed by atoms with Crippen LogP contribution in [0.3, 0.4) is 0 Å². The van der Waals surface area contributed by atoms with E-state index < -0.39 is 0 Å². The van der Waals surface area contributed by atoms with Crippen molar-refractivity contribution in [3.05, 3.63) is 0 Å². The molecule has 0 saturated carbocycles. The Balaban J connectivity index is 1.68. The standard InChI is InChI=1S/C14H26N2O/c1-11(2)3-4-12-5-7-16(8-6-12)14(17)13-9-15-10-13/h11-13,15H,3-10H2,1-2H3. The van der Waals surface area contributed by atoms with Gasteiger partial charge in [-0.05, 0) is 24.7 Å². The number of nitrogens with zero attached hydrogens (tertiary/aromatic N) is 1. The average molecular weight is 238 g/mol. The molecule has 0 aromatic carbocycles. The van der Waals surface area contributed by atoms with Gasteiger partial charge in [0, 0.05) is 26.2 Å². The summed E-state index contributed by atoms with van der Waals surface area (Å²) in [7, 11) is 0. The second-order valence-electron chi connectivity index (χ2n) is 6.10. The molecule has 0 atom stereocenters. The fraction of sp³-hybridized carbons (Fsp3) is 0.929. The number of carbonyl (C=O) groups excluding carboxylic acids is 1. The van der Waals surface area contributed by atoms with Gasteiger partial charge in [0.25, 0.3) is 0 Å². The van der Waals surface area contributed by atoms with E-state index in [1.807, 2.05) is 0 Å². The lowest BCUT2D eigenvalue weighted by molar-refractivity contribution is -0.138. The Morgan fingerprint density at radius 2 is 1.94 bits per heavy atom. The van der Waals surface area contributed by atoms with Crippen molar-refractivity contribution >= 4 is 5.91 Å². The van der Waals surface area contributed by atoms with E-state index in [-0.39, 0.29) is 5.92 Å². The Bertz CT molecular complexity index is 253. The molecule has 0 aliphatic carbocycles. The smallest absolute Gasteiger partial charge is 0.228 e. The highest BCUT2D eigenvalue weighted by molar-refractivity contribution is 5.80. The molecule has 2 rings (SSSR count). The maximum absolute atomic E-state index is 12.0.